The Balaban J connectivity index is 1.15. The molecule has 226 valence electrons. The fourth-order valence-corrected chi connectivity index (χ4v) is 9.94. The largest absolute Gasteiger partial charge is 0.490 e. The average Bonchev–Trinajstić information content (AvgIpc) is 3.47. The molecule has 5 aliphatic carbocycles. The third kappa shape index (κ3) is 4.05. The first-order valence-electron chi connectivity index (χ1n) is 15.7. The fraction of sp³-hybridized carbons (Fsp3) is 0.647. The minimum Gasteiger partial charge on any atom is -0.490 e. The van der Waals surface area contributed by atoms with E-state index in [1.54, 1.807) is 12.2 Å². The second-order valence-electron chi connectivity index (χ2n) is 14.1. The number of Topliss-reactive ketones (excluding diaryl/α,β-unsaturated/α-hetero) is 1. The number of ketones is 2. The summed E-state index contributed by atoms with van der Waals surface area (Å²) in [6.07, 6.45) is 9.97. The molecule has 0 aromatic heterocycles. The molecule has 1 aromatic rings. The SMILES string of the molecule is C[C@]12C=CC(=O)C=C1CC[C@@H]1[C@@H]2[C@@H](O)C[C@@]2(C)[C@H]1C[C@H]1O[C@@H](c3ccc(OC4CCC(N)CC4)cc3)O[C@]12C(=O)CO. The van der Waals surface area contributed by atoms with Crippen molar-refractivity contribution in [2.45, 2.75) is 101 Å². The lowest BCUT2D eigenvalue weighted by molar-refractivity contribution is -0.201. The van der Waals surface area contributed by atoms with E-state index in [2.05, 4.69) is 13.8 Å². The molecule has 1 heterocycles. The minimum absolute atomic E-state index is 0.00474. The number of rotatable bonds is 5. The van der Waals surface area contributed by atoms with Crippen LogP contribution >= 0.6 is 0 Å². The molecule has 5 fully saturated rings. The second-order valence-corrected chi connectivity index (χ2v) is 14.1. The Morgan fingerprint density at radius 3 is 2.57 bits per heavy atom. The molecule has 9 atom stereocenters. The quantitative estimate of drug-likeness (QED) is 0.480. The van der Waals surface area contributed by atoms with Crippen LogP contribution in [0, 0.1) is 28.6 Å². The Labute approximate surface area is 247 Å². The van der Waals surface area contributed by atoms with Crippen molar-refractivity contribution in [3.05, 3.63) is 53.6 Å². The Kier molecular flexibility index (Phi) is 6.83. The van der Waals surface area contributed by atoms with Gasteiger partial charge in [0.05, 0.1) is 18.3 Å². The van der Waals surface area contributed by atoms with Crippen molar-refractivity contribution >= 4 is 11.6 Å². The van der Waals surface area contributed by atoms with Crippen LogP contribution in [0.25, 0.3) is 0 Å². The Morgan fingerprint density at radius 2 is 1.86 bits per heavy atom. The summed E-state index contributed by atoms with van der Waals surface area (Å²) in [5, 5.41) is 22.0. The molecule has 1 saturated heterocycles. The van der Waals surface area contributed by atoms with Crippen molar-refractivity contribution in [1.82, 2.24) is 0 Å². The zero-order valence-electron chi connectivity index (χ0n) is 24.5. The third-order valence-corrected chi connectivity index (χ3v) is 12.0. The summed E-state index contributed by atoms with van der Waals surface area (Å²) in [4.78, 5) is 25.9. The van der Waals surface area contributed by atoms with Crippen molar-refractivity contribution in [3.63, 3.8) is 0 Å². The molecule has 7 rings (SSSR count). The average molecular weight is 578 g/mol. The van der Waals surface area contributed by atoms with E-state index in [1.807, 2.05) is 30.3 Å². The normalized spacial score (nSPS) is 45.8. The highest BCUT2D eigenvalue weighted by molar-refractivity contribution is 6.01. The maximum atomic E-state index is 13.7. The summed E-state index contributed by atoms with van der Waals surface area (Å²) in [6, 6.07) is 7.94. The Bertz CT molecular complexity index is 1320. The predicted molar refractivity (Wildman–Crippen MR) is 154 cm³/mol. The second kappa shape index (κ2) is 10.1. The van der Waals surface area contributed by atoms with Crippen molar-refractivity contribution in [2.24, 2.45) is 34.3 Å². The van der Waals surface area contributed by atoms with E-state index >= 15 is 0 Å². The smallest absolute Gasteiger partial charge is 0.193 e. The summed E-state index contributed by atoms with van der Waals surface area (Å²) < 4.78 is 19.4. The number of allylic oxidation sites excluding steroid dienone is 4. The molecular weight excluding hydrogens is 534 g/mol. The molecule has 8 nitrogen and oxygen atoms in total. The number of benzene rings is 1. The van der Waals surface area contributed by atoms with Crippen LogP contribution in [0.5, 0.6) is 5.75 Å². The first-order valence-corrected chi connectivity index (χ1v) is 15.7. The summed E-state index contributed by atoms with van der Waals surface area (Å²) in [5.74, 6) is 0.533. The predicted octanol–water partition coefficient (Wildman–Crippen LogP) is 3.94. The van der Waals surface area contributed by atoms with Crippen molar-refractivity contribution in [2.75, 3.05) is 6.61 Å². The van der Waals surface area contributed by atoms with Gasteiger partial charge in [-0.15, -0.1) is 0 Å². The lowest BCUT2D eigenvalue weighted by Crippen LogP contribution is -2.63. The molecular formula is C34H43NO7. The van der Waals surface area contributed by atoms with E-state index in [1.165, 1.54) is 0 Å². The van der Waals surface area contributed by atoms with E-state index in [4.69, 9.17) is 19.9 Å². The van der Waals surface area contributed by atoms with Crippen LogP contribution in [0.2, 0.25) is 0 Å². The highest BCUT2D eigenvalue weighted by Crippen LogP contribution is 2.70. The van der Waals surface area contributed by atoms with Crippen LogP contribution in [-0.2, 0) is 19.1 Å². The summed E-state index contributed by atoms with van der Waals surface area (Å²) in [6.45, 7) is 3.54. The van der Waals surface area contributed by atoms with Gasteiger partial charge in [-0.25, -0.2) is 0 Å². The van der Waals surface area contributed by atoms with Crippen LogP contribution in [0.3, 0.4) is 0 Å². The highest BCUT2D eigenvalue weighted by Gasteiger charge is 2.75. The van der Waals surface area contributed by atoms with Gasteiger partial charge in [-0.05, 0) is 87.5 Å². The molecule has 4 N–H and O–H groups in total. The Morgan fingerprint density at radius 1 is 1.12 bits per heavy atom. The number of aliphatic hydroxyl groups is 2. The van der Waals surface area contributed by atoms with Gasteiger partial charge in [-0.1, -0.05) is 37.6 Å². The van der Waals surface area contributed by atoms with Crippen LogP contribution in [-0.4, -0.2) is 58.3 Å². The van der Waals surface area contributed by atoms with E-state index in [0.717, 1.165) is 55.4 Å². The number of ether oxygens (including phenoxy) is 3. The van der Waals surface area contributed by atoms with Gasteiger partial charge in [0.15, 0.2) is 23.5 Å². The molecule has 6 aliphatic rings. The number of fused-ring (bicyclic) bond motifs is 7. The van der Waals surface area contributed by atoms with Crippen LogP contribution in [0.15, 0.2) is 48.1 Å². The van der Waals surface area contributed by atoms with E-state index in [-0.39, 0.29) is 41.5 Å². The third-order valence-electron chi connectivity index (χ3n) is 12.0. The molecule has 4 saturated carbocycles. The van der Waals surface area contributed by atoms with Crippen molar-refractivity contribution in [3.8, 4) is 5.75 Å². The number of aliphatic hydroxyl groups excluding tert-OH is 2. The number of carbonyl (C=O) groups is 2. The van der Waals surface area contributed by atoms with Crippen molar-refractivity contribution < 1.29 is 34.0 Å². The van der Waals surface area contributed by atoms with Crippen LogP contribution in [0.4, 0.5) is 0 Å². The van der Waals surface area contributed by atoms with Gasteiger partial charge in [0.25, 0.3) is 0 Å². The first kappa shape index (κ1) is 28.4. The molecule has 8 heteroatoms. The maximum absolute atomic E-state index is 13.7. The molecule has 0 amide bonds. The zero-order chi connectivity index (χ0) is 29.4. The van der Waals surface area contributed by atoms with Gasteiger partial charge in [0.1, 0.15) is 12.4 Å². The monoisotopic (exact) mass is 577 g/mol. The number of carbonyl (C=O) groups excluding carboxylic acids is 2. The number of hydrogen-bond donors (Lipinski definition) is 3. The van der Waals surface area contributed by atoms with E-state index in [0.29, 0.717) is 12.8 Å². The summed E-state index contributed by atoms with van der Waals surface area (Å²) >= 11 is 0. The topological polar surface area (TPSA) is 128 Å². The van der Waals surface area contributed by atoms with Gasteiger partial charge in [-0.3, -0.25) is 9.59 Å². The molecule has 0 radical (unpaired) electrons. The van der Waals surface area contributed by atoms with Gasteiger partial charge in [-0.2, -0.15) is 0 Å². The van der Waals surface area contributed by atoms with E-state index in [9.17, 15) is 19.8 Å². The van der Waals surface area contributed by atoms with E-state index < -0.39 is 41.5 Å². The fourth-order valence-electron chi connectivity index (χ4n) is 9.94. The number of nitrogens with two attached hydrogens (primary N) is 1. The first-order chi connectivity index (χ1) is 20.1. The molecule has 42 heavy (non-hydrogen) atoms. The highest BCUT2D eigenvalue weighted by atomic mass is 16.7. The minimum atomic E-state index is -1.35. The molecule has 0 unspecified atom stereocenters. The van der Waals surface area contributed by atoms with Gasteiger partial charge in [0, 0.05) is 28.4 Å². The van der Waals surface area contributed by atoms with Crippen LogP contribution in [0.1, 0.15) is 77.1 Å². The molecule has 0 bridgehead atoms. The van der Waals surface area contributed by atoms with Crippen molar-refractivity contribution in [1.29, 1.82) is 0 Å². The van der Waals surface area contributed by atoms with Gasteiger partial charge < -0.3 is 30.2 Å². The maximum Gasteiger partial charge on any atom is 0.193 e. The molecule has 1 aliphatic heterocycles. The number of hydrogen-bond acceptors (Lipinski definition) is 8. The van der Waals surface area contributed by atoms with Gasteiger partial charge in [0.2, 0.25) is 0 Å². The Hall–Kier alpha value is -2.36. The standard InChI is InChI=1S/C34H43NO7/c1-32-14-13-22(37)15-20(32)5-12-25-26-16-29-34(28(39)18-36,33(26,2)17-27(38)30(25)32)42-31(41-29)19-3-8-23(9-4-19)40-24-10-6-21(35)7-11-24/h3-4,8-9,13-15,21,24-27,29-31,36,38H,5-7,10-12,16-18,35H2,1-2H3/t21?,24?,25-,26-,27-,29+,30+,31+,32-,33-,34+/m0/s1. The lowest BCUT2D eigenvalue weighted by atomic mass is 9.46. The summed E-state index contributed by atoms with van der Waals surface area (Å²) in [5.41, 5.74) is 5.44. The lowest BCUT2D eigenvalue weighted by Gasteiger charge is -2.59. The molecule has 1 aromatic carbocycles. The van der Waals surface area contributed by atoms with Crippen LogP contribution < -0.4 is 10.5 Å². The zero-order valence-corrected chi connectivity index (χ0v) is 24.5. The van der Waals surface area contributed by atoms with Gasteiger partial charge >= 0.3 is 0 Å². The summed E-state index contributed by atoms with van der Waals surface area (Å²) in [7, 11) is 0. The molecule has 0 spiro atoms.